The maximum atomic E-state index is 12.1. The van der Waals surface area contributed by atoms with Crippen LogP contribution in [0.1, 0.15) is 45.4 Å². The lowest BCUT2D eigenvalue weighted by Crippen LogP contribution is -2.47. The highest BCUT2D eigenvalue weighted by atomic mass is 16.5. The van der Waals surface area contributed by atoms with Crippen molar-refractivity contribution in [2.24, 2.45) is 0 Å². The summed E-state index contributed by atoms with van der Waals surface area (Å²) in [6.07, 6.45) is 7.27. The molecule has 0 radical (unpaired) electrons. The molecule has 0 aromatic carbocycles. The Labute approximate surface area is 128 Å². The van der Waals surface area contributed by atoms with E-state index < -0.39 is 0 Å². The van der Waals surface area contributed by atoms with E-state index in [0.29, 0.717) is 0 Å². The first-order chi connectivity index (χ1) is 10.3. The molecule has 2 fully saturated rings. The second kappa shape index (κ2) is 9.38. The quantitative estimate of drug-likeness (QED) is 0.722. The minimum atomic E-state index is -0.323. The molecule has 0 spiro atoms. The van der Waals surface area contributed by atoms with Crippen LogP contribution in [-0.4, -0.2) is 62.3 Å². The van der Waals surface area contributed by atoms with E-state index in [0.717, 1.165) is 52.1 Å². The number of rotatable bonds is 6. The van der Waals surface area contributed by atoms with Gasteiger partial charge in [0.15, 0.2) is 0 Å². The first-order valence-electron chi connectivity index (χ1n) is 8.62. The molecule has 1 heterocycles. The summed E-state index contributed by atoms with van der Waals surface area (Å²) in [5.74, 6) is 0.0365. The van der Waals surface area contributed by atoms with Gasteiger partial charge in [-0.3, -0.25) is 9.69 Å². The summed E-state index contributed by atoms with van der Waals surface area (Å²) in [6, 6.07) is 0. The monoisotopic (exact) mass is 297 g/mol. The molecule has 1 aliphatic heterocycles. The summed E-state index contributed by atoms with van der Waals surface area (Å²) >= 11 is 0. The number of nitrogens with one attached hydrogen (secondary N) is 2. The second-order valence-electron chi connectivity index (χ2n) is 6.27. The van der Waals surface area contributed by atoms with Crippen molar-refractivity contribution in [3.63, 3.8) is 0 Å². The van der Waals surface area contributed by atoms with Gasteiger partial charge >= 0.3 is 0 Å². The van der Waals surface area contributed by atoms with E-state index in [9.17, 15) is 4.79 Å². The highest BCUT2D eigenvalue weighted by Gasteiger charge is 2.20. The SMILES string of the molecule is CC(OC1CCCCCC1)C(=O)NCCN1CCNCC1. The number of piperazine rings is 1. The van der Waals surface area contributed by atoms with E-state index in [-0.39, 0.29) is 18.1 Å². The van der Waals surface area contributed by atoms with Crippen LogP contribution >= 0.6 is 0 Å². The third kappa shape index (κ3) is 6.32. The zero-order valence-corrected chi connectivity index (χ0v) is 13.4. The summed E-state index contributed by atoms with van der Waals surface area (Å²) in [6.45, 7) is 7.78. The Morgan fingerprint density at radius 3 is 2.57 bits per heavy atom. The lowest BCUT2D eigenvalue weighted by molar-refractivity contribution is -0.135. The number of hydrogen-bond donors (Lipinski definition) is 2. The second-order valence-corrected chi connectivity index (χ2v) is 6.27. The van der Waals surface area contributed by atoms with Crippen molar-refractivity contribution in [3.8, 4) is 0 Å². The Kier molecular flexibility index (Phi) is 7.47. The lowest BCUT2D eigenvalue weighted by Gasteiger charge is -2.27. The molecular weight excluding hydrogens is 266 g/mol. The van der Waals surface area contributed by atoms with Gasteiger partial charge < -0.3 is 15.4 Å². The van der Waals surface area contributed by atoms with Gasteiger partial charge in [-0.05, 0) is 19.8 Å². The van der Waals surface area contributed by atoms with Crippen LogP contribution in [0, 0.1) is 0 Å². The van der Waals surface area contributed by atoms with Crippen molar-refractivity contribution in [2.45, 2.75) is 57.7 Å². The molecule has 0 aromatic rings. The van der Waals surface area contributed by atoms with Crippen LogP contribution in [0.2, 0.25) is 0 Å². The van der Waals surface area contributed by atoms with Gasteiger partial charge in [0, 0.05) is 39.3 Å². The molecule has 1 unspecified atom stereocenters. The van der Waals surface area contributed by atoms with Gasteiger partial charge in [-0.25, -0.2) is 0 Å². The van der Waals surface area contributed by atoms with E-state index in [4.69, 9.17) is 4.74 Å². The summed E-state index contributed by atoms with van der Waals surface area (Å²) in [4.78, 5) is 14.5. The van der Waals surface area contributed by atoms with Crippen LogP contribution in [0.4, 0.5) is 0 Å². The summed E-state index contributed by atoms with van der Waals surface area (Å²) in [7, 11) is 0. The highest BCUT2D eigenvalue weighted by molar-refractivity contribution is 5.80. The predicted octanol–water partition coefficient (Wildman–Crippen LogP) is 1.14. The van der Waals surface area contributed by atoms with Crippen molar-refractivity contribution in [3.05, 3.63) is 0 Å². The molecule has 1 atom stereocenters. The van der Waals surface area contributed by atoms with Gasteiger partial charge in [-0.2, -0.15) is 0 Å². The molecule has 2 N–H and O–H groups in total. The average molecular weight is 297 g/mol. The van der Waals surface area contributed by atoms with Crippen molar-refractivity contribution >= 4 is 5.91 Å². The molecule has 1 saturated carbocycles. The van der Waals surface area contributed by atoms with Gasteiger partial charge in [0.05, 0.1) is 6.10 Å². The lowest BCUT2D eigenvalue weighted by atomic mass is 10.1. The van der Waals surface area contributed by atoms with E-state index in [1.165, 1.54) is 25.7 Å². The number of carbonyl (C=O) groups is 1. The summed E-state index contributed by atoms with van der Waals surface area (Å²) in [5.41, 5.74) is 0. The highest BCUT2D eigenvalue weighted by Crippen LogP contribution is 2.20. The smallest absolute Gasteiger partial charge is 0.248 e. The zero-order chi connectivity index (χ0) is 14.9. The summed E-state index contributed by atoms with van der Waals surface area (Å²) < 4.78 is 5.94. The standard InChI is InChI=1S/C16H31N3O2/c1-14(21-15-6-4-2-3-5-7-15)16(20)18-10-13-19-11-8-17-9-12-19/h14-15,17H,2-13H2,1H3,(H,18,20). The van der Waals surface area contributed by atoms with Gasteiger partial charge in [0.1, 0.15) is 6.10 Å². The van der Waals surface area contributed by atoms with Crippen molar-refractivity contribution in [1.82, 2.24) is 15.5 Å². The van der Waals surface area contributed by atoms with Gasteiger partial charge in [-0.15, -0.1) is 0 Å². The fourth-order valence-electron chi connectivity index (χ4n) is 3.14. The minimum absolute atomic E-state index is 0.0365. The molecule has 122 valence electrons. The van der Waals surface area contributed by atoms with E-state index in [1.54, 1.807) is 0 Å². The Bertz CT molecular complexity index is 298. The number of hydrogen-bond acceptors (Lipinski definition) is 4. The topological polar surface area (TPSA) is 53.6 Å². The van der Waals surface area contributed by atoms with Crippen molar-refractivity contribution in [2.75, 3.05) is 39.3 Å². The normalized spacial score (nSPS) is 23.5. The zero-order valence-electron chi connectivity index (χ0n) is 13.4. The minimum Gasteiger partial charge on any atom is -0.365 e. The molecule has 5 heteroatoms. The van der Waals surface area contributed by atoms with Crippen molar-refractivity contribution in [1.29, 1.82) is 0 Å². The molecule has 2 rings (SSSR count). The summed E-state index contributed by atoms with van der Waals surface area (Å²) in [5, 5.41) is 6.34. The Morgan fingerprint density at radius 1 is 1.24 bits per heavy atom. The van der Waals surface area contributed by atoms with Crippen LogP contribution in [0.15, 0.2) is 0 Å². The maximum absolute atomic E-state index is 12.1. The van der Waals surface area contributed by atoms with Gasteiger partial charge in [-0.1, -0.05) is 25.7 Å². The molecule has 21 heavy (non-hydrogen) atoms. The maximum Gasteiger partial charge on any atom is 0.248 e. The third-order valence-electron chi connectivity index (χ3n) is 4.50. The van der Waals surface area contributed by atoms with Crippen molar-refractivity contribution < 1.29 is 9.53 Å². The number of ether oxygens (including phenoxy) is 1. The Morgan fingerprint density at radius 2 is 1.90 bits per heavy atom. The molecule has 1 saturated heterocycles. The van der Waals surface area contributed by atoms with E-state index in [1.807, 2.05) is 6.92 Å². The van der Waals surface area contributed by atoms with Crippen LogP contribution in [-0.2, 0) is 9.53 Å². The Hall–Kier alpha value is -0.650. The van der Waals surface area contributed by atoms with Crippen LogP contribution in [0.25, 0.3) is 0 Å². The average Bonchev–Trinajstić information content (AvgIpc) is 2.77. The molecule has 1 amide bonds. The van der Waals surface area contributed by atoms with Crippen LogP contribution in [0.5, 0.6) is 0 Å². The molecule has 1 aliphatic carbocycles. The van der Waals surface area contributed by atoms with Gasteiger partial charge in [0.25, 0.3) is 0 Å². The van der Waals surface area contributed by atoms with E-state index >= 15 is 0 Å². The van der Waals surface area contributed by atoms with Crippen LogP contribution < -0.4 is 10.6 Å². The fraction of sp³-hybridized carbons (Fsp3) is 0.938. The number of carbonyl (C=O) groups excluding carboxylic acids is 1. The van der Waals surface area contributed by atoms with Crippen LogP contribution in [0.3, 0.4) is 0 Å². The molecule has 5 nitrogen and oxygen atoms in total. The fourth-order valence-corrected chi connectivity index (χ4v) is 3.14. The molecular formula is C16H31N3O2. The largest absolute Gasteiger partial charge is 0.365 e. The number of amides is 1. The third-order valence-corrected chi connectivity index (χ3v) is 4.50. The molecule has 2 aliphatic rings. The predicted molar refractivity (Wildman–Crippen MR) is 84.4 cm³/mol. The van der Waals surface area contributed by atoms with E-state index in [2.05, 4.69) is 15.5 Å². The first kappa shape index (κ1) is 16.7. The molecule has 0 bridgehead atoms. The first-order valence-corrected chi connectivity index (χ1v) is 8.62. The Balaban J connectivity index is 1.60. The van der Waals surface area contributed by atoms with Gasteiger partial charge in [0.2, 0.25) is 5.91 Å². The molecule has 0 aromatic heterocycles. The number of nitrogens with zero attached hydrogens (tertiary/aromatic N) is 1.